The van der Waals surface area contributed by atoms with Gasteiger partial charge in [-0.25, -0.2) is 0 Å². The molecule has 2 aromatic heterocycles. The zero-order valence-electron chi connectivity index (χ0n) is 20.2. The Morgan fingerprint density at radius 1 is 1.00 bits per heavy atom. The number of hydrogen-bond donors (Lipinski definition) is 2. The van der Waals surface area contributed by atoms with Gasteiger partial charge in [-0.05, 0) is 48.9 Å². The lowest BCUT2D eigenvalue weighted by molar-refractivity contribution is 0.0952. The summed E-state index contributed by atoms with van der Waals surface area (Å²) in [6.45, 7) is 2.12. The second kappa shape index (κ2) is 9.95. The molecular weight excluding hydrogens is 456 g/mol. The number of hydrogen-bond acceptors (Lipinski definition) is 6. The van der Waals surface area contributed by atoms with Crippen molar-refractivity contribution in [1.82, 2.24) is 20.4 Å². The zero-order valence-corrected chi connectivity index (χ0v) is 20.2. The molecule has 0 aliphatic carbocycles. The fourth-order valence-corrected chi connectivity index (χ4v) is 4.43. The lowest BCUT2D eigenvalue weighted by atomic mass is 9.89. The summed E-state index contributed by atoms with van der Waals surface area (Å²) in [6.07, 6.45) is 1.99. The quantitative estimate of drug-likeness (QED) is 0.319. The molecule has 3 aromatic carbocycles. The summed E-state index contributed by atoms with van der Waals surface area (Å²) in [7, 11) is 3.24. The number of carbonyl (C=O) groups excluding carboxylic acids is 1. The Bertz CT molecular complexity index is 1500. The number of nitrogens with one attached hydrogen (secondary N) is 2. The Morgan fingerprint density at radius 3 is 2.53 bits per heavy atom. The average Bonchev–Trinajstić information content (AvgIpc) is 3.55. The lowest BCUT2D eigenvalue weighted by Gasteiger charge is -2.22. The van der Waals surface area contributed by atoms with E-state index in [1.54, 1.807) is 45.4 Å². The Balaban J connectivity index is 1.44. The molecular formula is C28H26N4O4. The predicted molar refractivity (Wildman–Crippen MR) is 136 cm³/mol. The number of carbonyl (C=O) groups is 1. The minimum atomic E-state index is -0.185. The van der Waals surface area contributed by atoms with Crippen LogP contribution in [-0.2, 0) is 0 Å². The number of nitrogens with zero attached hydrogens (tertiary/aromatic N) is 2. The molecule has 2 N–H and O–H groups in total. The molecule has 182 valence electrons. The molecule has 1 amide bonds. The number of amides is 1. The molecule has 0 saturated carbocycles. The largest absolute Gasteiger partial charge is 0.493 e. The first-order chi connectivity index (χ1) is 17.6. The van der Waals surface area contributed by atoms with Gasteiger partial charge in [0.2, 0.25) is 0 Å². The van der Waals surface area contributed by atoms with Crippen LogP contribution in [0, 0.1) is 6.92 Å². The molecule has 1 unspecified atom stereocenters. The number of rotatable bonds is 8. The van der Waals surface area contributed by atoms with Gasteiger partial charge in [-0.1, -0.05) is 35.5 Å². The van der Waals surface area contributed by atoms with Crippen LogP contribution in [0.25, 0.3) is 22.4 Å². The van der Waals surface area contributed by atoms with E-state index in [0.717, 1.165) is 27.6 Å². The Hall–Kier alpha value is -4.59. The maximum Gasteiger partial charge on any atom is 0.257 e. The van der Waals surface area contributed by atoms with Crippen molar-refractivity contribution in [2.75, 3.05) is 20.8 Å². The van der Waals surface area contributed by atoms with Crippen molar-refractivity contribution >= 4 is 16.8 Å². The molecule has 5 aromatic rings. The van der Waals surface area contributed by atoms with E-state index in [1.165, 1.54) is 0 Å². The number of H-pyrrole nitrogens is 1. The van der Waals surface area contributed by atoms with E-state index in [-0.39, 0.29) is 11.8 Å². The topological polar surface area (TPSA) is 102 Å². The summed E-state index contributed by atoms with van der Waals surface area (Å²) in [6, 6.07) is 21.0. The fourth-order valence-electron chi connectivity index (χ4n) is 4.43. The highest BCUT2D eigenvalue weighted by atomic mass is 16.5. The third-order valence-electron chi connectivity index (χ3n) is 6.19. The zero-order chi connectivity index (χ0) is 25.1. The predicted octanol–water partition coefficient (Wildman–Crippen LogP) is 5.11. The maximum atomic E-state index is 13.1. The SMILES string of the molecule is COc1cccc(C(CNC(=O)c2ccc(-c3nc(C)no3)cc2)c2c[nH]c3ccccc23)c1OC. The smallest absolute Gasteiger partial charge is 0.257 e. The second-order valence-electron chi connectivity index (χ2n) is 8.36. The van der Waals surface area contributed by atoms with Crippen molar-refractivity contribution in [2.24, 2.45) is 0 Å². The molecule has 8 heteroatoms. The first-order valence-corrected chi connectivity index (χ1v) is 11.5. The number of ether oxygens (including phenoxy) is 2. The van der Waals surface area contributed by atoms with Gasteiger partial charge in [0.15, 0.2) is 17.3 Å². The van der Waals surface area contributed by atoms with Crippen molar-refractivity contribution in [1.29, 1.82) is 0 Å². The Labute approximate surface area is 208 Å². The molecule has 0 aliphatic heterocycles. The molecule has 0 bridgehead atoms. The van der Waals surface area contributed by atoms with Crippen molar-refractivity contribution in [3.05, 3.63) is 95.4 Å². The Morgan fingerprint density at radius 2 is 1.81 bits per heavy atom. The van der Waals surface area contributed by atoms with Gasteiger partial charge in [0.1, 0.15) is 0 Å². The van der Waals surface area contributed by atoms with Crippen LogP contribution in [0.2, 0.25) is 0 Å². The monoisotopic (exact) mass is 482 g/mol. The molecule has 36 heavy (non-hydrogen) atoms. The molecule has 0 spiro atoms. The number of fused-ring (bicyclic) bond motifs is 1. The fraction of sp³-hybridized carbons (Fsp3) is 0.179. The van der Waals surface area contributed by atoms with Gasteiger partial charge >= 0.3 is 0 Å². The number of benzene rings is 3. The highest BCUT2D eigenvalue weighted by molar-refractivity contribution is 5.94. The summed E-state index contributed by atoms with van der Waals surface area (Å²) in [5, 5.41) is 8.00. The van der Waals surface area contributed by atoms with Gasteiger partial charge in [0, 0.05) is 46.3 Å². The molecule has 1 atom stereocenters. The Kier molecular flexibility index (Phi) is 6.40. The standard InChI is InChI=1S/C28H26N4O4/c1-17-31-28(36-32-17)19-13-11-18(12-14-19)27(33)30-16-23(21-8-6-10-25(34-2)26(21)35-3)22-15-29-24-9-5-4-7-20(22)24/h4-15,23,29H,16H2,1-3H3,(H,30,33). The number of aryl methyl sites for hydroxylation is 1. The minimum Gasteiger partial charge on any atom is -0.493 e. The van der Waals surface area contributed by atoms with E-state index in [4.69, 9.17) is 14.0 Å². The maximum absolute atomic E-state index is 13.1. The lowest BCUT2D eigenvalue weighted by Crippen LogP contribution is -2.29. The summed E-state index contributed by atoms with van der Waals surface area (Å²) in [5.41, 5.74) is 4.29. The van der Waals surface area contributed by atoms with Crippen LogP contribution in [0.15, 0.2) is 77.4 Å². The number of aromatic amines is 1. The summed E-state index contributed by atoms with van der Waals surface area (Å²) < 4.78 is 16.5. The van der Waals surface area contributed by atoms with Crippen LogP contribution < -0.4 is 14.8 Å². The number of methoxy groups -OCH3 is 2. The van der Waals surface area contributed by atoms with E-state index >= 15 is 0 Å². The number of para-hydroxylation sites is 2. The van der Waals surface area contributed by atoms with Crippen molar-refractivity contribution in [2.45, 2.75) is 12.8 Å². The van der Waals surface area contributed by atoms with E-state index in [1.807, 2.05) is 42.6 Å². The van der Waals surface area contributed by atoms with Crippen LogP contribution >= 0.6 is 0 Å². The van der Waals surface area contributed by atoms with E-state index in [2.05, 4.69) is 26.5 Å². The third-order valence-corrected chi connectivity index (χ3v) is 6.19. The normalized spacial score (nSPS) is 11.9. The van der Waals surface area contributed by atoms with E-state index in [0.29, 0.717) is 35.3 Å². The highest BCUT2D eigenvalue weighted by Gasteiger charge is 2.24. The molecule has 0 saturated heterocycles. The highest BCUT2D eigenvalue weighted by Crippen LogP contribution is 2.40. The molecule has 8 nitrogen and oxygen atoms in total. The van der Waals surface area contributed by atoms with Gasteiger partial charge in [-0.15, -0.1) is 0 Å². The molecule has 0 aliphatic rings. The van der Waals surface area contributed by atoms with Gasteiger partial charge in [-0.2, -0.15) is 4.98 Å². The molecule has 2 heterocycles. The van der Waals surface area contributed by atoms with E-state index in [9.17, 15) is 4.79 Å². The van der Waals surface area contributed by atoms with Gasteiger partial charge in [0.25, 0.3) is 11.8 Å². The molecule has 5 rings (SSSR count). The third kappa shape index (κ3) is 4.40. The van der Waals surface area contributed by atoms with Gasteiger partial charge in [0.05, 0.1) is 14.2 Å². The summed E-state index contributed by atoms with van der Waals surface area (Å²) >= 11 is 0. The van der Waals surface area contributed by atoms with Crippen LogP contribution in [0.1, 0.15) is 33.2 Å². The summed E-state index contributed by atoms with van der Waals surface area (Å²) in [4.78, 5) is 20.7. The minimum absolute atomic E-state index is 0.184. The van der Waals surface area contributed by atoms with Crippen molar-refractivity contribution in [3.8, 4) is 23.0 Å². The van der Waals surface area contributed by atoms with Crippen LogP contribution in [0.4, 0.5) is 0 Å². The van der Waals surface area contributed by atoms with Crippen LogP contribution in [-0.4, -0.2) is 41.8 Å². The van der Waals surface area contributed by atoms with Crippen molar-refractivity contribution in [3.63, 3.8) is 0 Å². The summed E-state index contributed by atoms with van der Waals surface area (Å²) in [5.74, 6) is 1.89. The first-order valence-electron chi connectivity index (χ1n) is 11.5. The average molecular weight is 483 g/mol. The first kappa shape index (κ1) is 23.2. The van der Waals surface area contributed by atoms with E-state index < -0.39 is 0 Å². The van der Waals surface area contributed by atoms with Gasteiger partial charge in [-0.3, -0.25) is 4.79 Å². The van der Waals surface area contributed by atoms with Crippen LogP contribution in [0.3, 0.4) is 0 Å². The number of aromatic nitrogens is 3. The van der Waals surface area contributed by atoms with Gasteiger partial charge < -0.3 is 24.3 Å². The second-order valence-corrected chi connectivity index (χ2v) is 8.36. The molecule has 0 fully saturated rings. The van der Waals surface area contributed by atoms with Crippen LogP contribution in [0.5, 0.6) is 11.5 Å². The molecule has 0 radical (unpaired) electrons. The van der Waals surface area contributed by atoms with Crippen molar-refractivity contribution < 1.29 is 18.8 Å².